The Kier molecular flexibility index (Phi) is 4.71. The van der Waals surface area contributed by atoms with E-state index in [1.165, 1.54) is 11.1 Å². The maximum absolute atomic E-state index is 10.2. The second-order valence-corrected chi connectivity index (χ2v) is 7.61. The lowest BCUT2D eigenvalue weighted by Gasteiger charge is -2.33. The van der Waals surface area contributed by atoms with Gasteiger partial charge in [-0.25, -0.2) is 9.97 Å². The number of hydrogen-bond acceptors (Lipinski definition) is 4. The molecule has 3 atom stereocenters. The number of fused-ring (bicyclic) bond motifs is 2. The van der Waals surface area contributed by atoms with Crippen molar-refractivity contribution in [2.45, 2.75) is 57.3 Å². The molecule has 0 saturated heterocycles. The second kappa shape index (κ2) is 6.84. The second-order valence-electron chi connectivity index (χ2n) is 6.83. The molecule has 4 nitrogen and oxygen atoms in total. The summed E-state index contributed by atoms with van der Waals surface area (Å²) in [5.74, 6) is 0. The molecule has 2 aromatic rings. The average molecular weight is 379 g/mol. The molecular formula is C19H20Cl2N2O2. The Morgan fingerprint density at radius 2 is 1.84 bits per heavy atom. The van der Waals surface area contributed by atoms with Crippen molar-refractivity contribution in [2.24, 2.45) is 0 Å². The highest BCUT2D eigenvalue weighted by Crippen LogP contribution is 2.43. The molecule has 2 aliphatic rings. The maximum Gasteiger partial charge on any atom is 0.129 e. The van der Waals surface area contributed by atoms with Crippen molar-refractivity contribution < 1.29 is 9.84 Å². The van der Waals surface area contributed by atoms with E-state index in [9.17, 15) is 5.11 Å². The Morgan fingerprint density at radius 1 is 1.04 bits per heavy atom. The van der Waals surface area contributed by atoms with Crippen LogP contribution in [0.4, 0.5) is 0 Å². The quantitative estimate of drug-likeness (QED) is 0.742. The first-order valence-corrected chi connectivity index (χ1v) is 9.44. The lowest BCUT2D eigenvalue weighted by molar-refractivity contribution is -0.0449. The van der Waals surface area contributed by atoms with E-state index in [1.54, 1.807) is 6.07 Å². The third kappa shape index (κ3) is 3.28. The number of hydrogen-bond donors (Lipinski definition) is 1. The van der Waals surface area contributed by atoms with Crippen LogP contribution in [-0.4, -0.2) is 15.1 Å². The van der Waals surface area contributed by atoms with Crippen LogP contribution in [0.15, 0.2) is 18.2 Å². The number of halogens is 2. The lowest BCUT2D eigenvalue weighted by Crippen LogP contribution is -2.23. The number of ether oxygens (including phenoxy) is 1. The molecule has 25 heavy (non-hydrogen) atoms. The molecule has 0 saturated carbocycles. The fourth-order valence-electron chi connectivity index (χ4n) is 3.95. The molecule has 3 unspecified atom stereocenters. The first kappa shape index (κ1) is 17.2. The third-order valence-corrected chi connectivity index (χ3v) is 5.57. The van der Waals surface area contributed by atoms with Crippen LogP contribution in [0.2, 0.25) is 10.3 Å². The summed E-state index contributed by atoms with van der Waals surface area (Å²) >= 11 is 12.2. The molecule has 2 heterocycles. The van der Waals surface area contributed by atoms with Crippen LogP contribution < -0.4 is 0 Å². The summed E-state index contributed by atoms with van der Waals surface area (Å²) in [5, 5.41) is 11.1. The Hall–Kier alpha value is -1.20. The molecular weight excluding hydrogens is 359 g/mol. The first-order valence-electron chi connectivity index (χ1n) is 8.68. The molecule has 0 amide bonds. The van der Waals surface area contributed by atoms with Crippen molar-refractivity contribution in [3.05, 3.63) is 56.6 Å². The largest absolute Gasteiger partial charge is 0.387 e. The Bertz CT molecular complexity index is 812. The van der Waals surface area contributed by atoms with Crippen LogP contribution in [0.5, 0.6) is 0 Å². The molecule has 4 rings (SSSR count). The van der Waals surface area contributed by atoms with Crippen LogP contribution in [0.25, 0.3) is 0 Å². The van der Waals surface area contributed by atoms with Gasteiger partial charge in [-0.3, -0.25) is 0 Å². The molecule has 6 heteroatoms. The van der Waals surface area contributed by atoms with E-state index >= 15 is 0 Å². The summed E-state index contributed by atoms with van der Waals surface area (Å²) < 4.78 is 6.47. The standard InChI is InChI=1S/C19H20Cl2N2O2/c1-10-9-17(21)23-19-11(10)3-2-4-15(19)25-14-7-6-13(24)18-12(14)5-8-16(20)22-18/h5,8-9,13-15,24H,2-4,6-7H2,1H3. The zero-order chi connectivity index (χ0) is 17.6. The zero-order valence-electron chi connectivity index (χ0n) is 14.0. The monoisotopic (exact) mass is 378 g/mol. The van der Waals surface area contributed by atoms with E-state index in [-0.39, 0.29) is 12.2 Å². The topological polar surface area (TPSA) is 55.2 Å². The molecule has 0 aromatic carbocycles. The van der Waals surface area contributed by atoms with Gasteiger partial charge < -0.3 is 9.84 Å². The summed E-state index contributed by atoms with van der Waals surface area (Å²) in [7, 11) is 0. The summed E-state index contributed by atoms with van der Waals surface area (Å²) in [5.41, 5.74) is 4.96. The Balaban J connectivity index is 1.66. The zero-order valence-corrected chi connectivity index (χ0v) is 15.5. The van der Waals surface area contributed by atoms with Crippen LogP contribution in [0.3, 0.4) is 0 Å². The fraction of sp³-hybridized carbons (Fsp3) is 0.474. The minimum atomic E-state index is -0.581. The van der Waals surface area contributed by atoms with Gasteiger partial charge in [0.05, 0.1) is 23.6 Å². The van der Waals surface area contributed by atoms with Gasteiger partial charge in [-0.1, -0.05) is 29.3 Å². The van der Waals surface area contributed by atoms with Crippen LogP contribution in [-0.2, 0) is 11.2 Å². The molecule has 2 aromatic heterocycles. The summed E-state index contributed by atoms with van der Waals surface area (Å²) in [6.07, 6.45) is 3.61. The van der Waals surface area contributed by atoms with Gasteiger partial charge in [0.25, 0.3) is 0 Å². The molecule has 132 valence electrons. The molecule has 0 aliphatic heterocycles. The number of pyridine rings is 2. The highest BCUT2D eigenvalue weighted by molar-refractivity contribution is 6.29. The Morgan fingerprint density at radius 3 is 2.68 bits per heavy atom. The predicted octanol–water partition coefficient (Wildman–Crippen LogP) is 5.05. The average Bonchev–Trinajstić information content (AvgIpc) is 2.58. The van der Waals surface area contributed by atoms with Crippen LogP contribution in [0.1, 0.15) is 72.1 Å². The molecule has 0 fully saturated rings. The maximum atomic E-state index is 10.2. The van der Waals surface area contributed by atoms with Gasteiger partial charge in [0.15, 0.2) is 0 Å². The molecule has 2 aliphatic carbocycles. The van der Waals surface area contributed by atoms with E-state index in [0.29, 0.717) is 22.4 Å². The van der Waals surface area contributed by atoms with Gasteiger partial charge in [-0.05, 0) is 62.3 Å². The van der Waals surface area contributed by atoms with Gasteiger partial charge >= 0.3 is 0 Å². The third-order valence-electron chi connectivity index (χ3n) is 5.16. The van der Waals surface area contributed by atoms with Gasteiger partial charge in [-0.15, -0.1) is 0 Å². The SMILES string of the molecule is Cc1cc(Cl)nc2c1CCCC2OC1CCC(O)c2nc(Cl)ccc21. The molecule has 0 spiro atoms. The molecule has 0 radical (unpaired) electrons. The Labute approximate surface area is 157 Å². The van der Waals surface area contributed by atoms with E-state index < -0.39 is 6.10 Å². The van der Waals surface area contributed by atoms with Crippen molar-refractivity contribution >= 4 is 23.2 Å². The number of nitrogens with zero attached hydrogens (tertiary/aromatic N) is 2. The molecule has 1 N–H and O–H groups in total. The van der Waals surface area contributed by atoms with E-state index in [0.717, 1.165) is 36.9 Å². The summed E-state index contributed by atoms with van der Waals surface area (Å²) in [4.78, 5) is 8.87. The van der Waals surface area contributed by atoms with Gasteiger partial charge in [-0.2, -0.15) is 0 Å². The van der Waals surface area contributed by atoms with Crippen molar-refractivity contribution in [3.8, 4) is 0 Å². The van der Waals surface area contributed by atoms with E-state index in [2.05, 4.69) is 16.9 Å². The number of aromatic nitrogens is 2. The minimum Gasteiger partial charge on any atom is -0.387 e. The van der Waals surface area contributed by atoms with Crippen LogP contribution >= 0.6 is 23.2 Å². The fourth-order valence-corrected chi connectivity index (χ4v) is 4.36. The van der Waals surface area contributed by atoms with Crippen LogP contribution in [0, 0.1) is 6.92 Å². The number of aryl methyl sites for hydroxylation is 1. The van der Waals surface area contributed by atoms with Gasteiger partial charge in [0.2, 0.25) is 0 Å². The number of aliphatic hydroxyl groups is 1. The van der Waals surface area contributed by atoms with Crippen molar-refractivity contribution in [2.75, 3.05) is 0 Å². The highest BCUT2D eigenvalue weighted by Gasteiger charge is 2.32. The summed E-state index contributed by atoms with van der Waals surface area (Å²) in [6, 6.07) is 5.59. The predicted molar refractivity (Wildman–Crippen MR) is 96.9 cm³/mol. The highest BCUT2D eigenvalue weighted by atomic mass is 35.5. The van der Waals surface area contributed by atoms with Crippen molar-refractivity contribution in [3.63, 3.8) is 0 Å². The van der Waals surface area contributed by atoms with E-state index in [4.69, 9.17) is 27.9 Å². The van der Waals surface area contributed by atoms with Gasteiger partial charge in [0.1, 0.15) is 16.4 Å². The van der Waals surface area contributed by atoms with Crippen molar-refractivity contribution in [1.82, 2.24) is 9.97 Å². The summed E-state index contributed by atoms with van der Waals surface area (Å²) in [6.45, 7) is 2.08. The first-order chi connectivity index (χ1) is 12.0. The smallest absolute Gasteiger partial charge is 0.129 e. The lowest BCUT2D eigenvalue weighted by atomic mass is 9.88. The number of rotatable bonds is 2. The van der Waals surface area contributed by atoms with Gasteiger partial charge in [0, 0.05) is 5.56 Å². The van der Waals surface area contributed by atoms with E-state index in [1.807, 2.05) is 12.1 Å². The van der Waals surface area contributed by atoms with Crippen molar-refractivity contribution in [1.29, 1.82) is 0 Å². The normalized spacial score (nSPS) is 25.4. The minimum absolute atomic E-state index is 0.0788. The molecule has 0 bridgehead atoms. The number of aliphatic hydroxyl groups excluding tert-OH is 1.